The molecule has 8 heteroatoms. The van der Waals surface area contributed by atoms with E-state index in [1.54, 1.807) is 6.20 Å². The van der Waals surface area contributed by atoms with Gasteiger partial charge in [0, 0.05) is 23.8 Å². The summed E-state index contributed by atoms with van der Waals surface area (Å²) in [6.45, 7) is 8.12. The quantitative estimate of drug-likeness (QED) is 0.324. The summed E-state index contributed by atoms with van der Waals surface area (Å²) in [6, 6.07) is 16.2. The Morgan fingerprint density at radius 1 is 1.08 bits per heavy atom. The lowest BCUT2D eigenvalue weighted by atomic mass is 10.1. The first-order valence-electron chi connectivity index (χ1n) is 13.5. The number of hydrogen-bond donors (Lipinski definition) is 1. The van der Waals surface area contributed by atoms with E-state index in [2.05, 4.69) is 39.2 Å². The number of nitrogens with zero attached hydrogens (tertiary/aromatic N) is 6. The van der Waals surface area contributed by atoms with Gasteiger partial charge in [-0.15, -0.1) is 0 Å². The molecule has 1 N–H and O–H groups in total. The fourth-order valence-electron chi connectivity index (χ4n) is 5.45. The van der Waals surface area contributed by atoms with Crippen molar-refractivity contribution < 1.29 is 4.79 Å². The molecule has 1 amide bonds. The van der Waals surface area contributed by atoms with Gasteiger partial charge in [-0.2, -0.15) is 5.10 Å². The molecule has 0 atom stereocenters. The monoisotopic (exact) mass is 507 g/mol. The molecule has 1 aliphatic rings. The van der Waals surface area contributed by atoms with Crippen molar-refractivity contribution in [3.05, 3.63) is 89.3 Å². The Kier molecular flexibility index (Phi) is 6.64. The Balaban J connectivity index is 1.25. The average Bonchev–Trinajstić information content (AvgIpc) is 3.67. The lowest BCUT2D eigenvalue weighted by molar-refractivity contribution is 0.102. The second-order valence-electron chi connectivity index (χ2n) is 10.1. The first kappa shape index (κ1) is 24.3. The first-order chi connectivity index (χ1) is 18.6. The minimum absolute atomic E-state index is 0.190. The van der Waals surface area contributed by atoms with E-state index in [9.17, 15) is 4.79 Å². The maximum Gasteiger partial charge on any atom is 0.274 e. The van der Waals surface area contributed by atoms with Crippen LogP contribution in [0.1, 0.15) is 52.9 Å². The van der Waals surface area contributed by atoms with E-state index in [0.29, 0.717) is 12.2 Å². The number of aryl methyl sites for hydroxylation is 2. The molecular weight excluding hydrogens is 474 g/mol. The summed E-state index contributed by atoms with van der Waals surface area (Å²) in [5, 5.41) is 8.98. The molecule has 1 saturated heterocycles. The highest BCUT2D eigenvalue weighted by atomic mass is 16.2. The summed E-state index contributed by atoms with van der Waals surface area (Å²) < 4.78 is 3.84. The maximum absolute atomic E-state index is 13.4. The highest BCUT2D eigenvalue weighted by molar-refractivity contribution is 6.08. The summed E-state index contributed by atoms with van der Waals surface area (Å²) in [5.74, 6) is -0.190. The Hall–Kier alpha value is -4.04. The van der Waals surface area contributed by atoms with E-state index in [4.69, 9.17) is 5.10 Å². The fraction of sp³-hybridized carbons (Fsp3) is 0.333. The van der Waals surface area contributed by atoms with Crippen LogP contribution in [0.2, 0.25) is 0 Å². The normalized spacial score (nSPS) is 14.1. The van der Waals surface area contributed by atoms with Crippen LogP contribution in [0.4, 0.5) is 5.69 Å². The van der Waals surface area contributed by atoms with Gasteiger partial charge in [0.25, 0.3) is 5.91 Å². The van der Waals surface area contributed by atoms with E-state index in [-0.39, 0.29) is 5.91 Å². The van der Waals surface area contributed by atoms with Gasteiger partial charge in [-0.3, -0.25) is 18.9 Å². The summed E-state index contributed by atoms with van der Waals surface area (Å²) in [5.41, 5.74) is 7.16. The van der Waals surface area contributed by atoms with Crippen molar-refractivity contribution >= 4 is 28.1 Å². The lowest BCUT2D eigenvalue weighted by Crippen LogP contribution is -2.22. The van der Waals surface area contributed by atoms with Crippen LogP contribution in [0.5, 0.6) is 0 Å². The molecule has 5 heterocycles. The van der Waals surface area contributed by atoms with E-state index < -0.39 is 0 Å². The fourth-order valence-corrected chi connectivity index (χ4v) is 5.45. The van der Waals surface area contributed by atoms with E-state index in [0.717, 1.165) is 58.7 Å². The molecule has 0 unspecified atom stereocenters. The third-order valence-electron chi connectivity index (χ3n) is 7.42. The van der Waals surface area contributed by atoms with Crippen LogP contribution in [0, 0.1) is 6.92 Å². The number of aromatic nitrogens is 5. The van der Waals surface area contributed by atoms with Gasteiger partial charge < -0.3 is 10.2 Å². The molecule has 1 aromatic carbocycles. The van der Waals surface area contributed by atoms with E-state index >= 15 is 0 Å². The number of hydrogen-bond acceptors (Lipinski definition) is 5. The predicted molar refractivity (Wildman–Crippen MR) is 150 cm³/mol. The molecule has 0 spiro atoms. The van der Waals surface area contributed by atoms with Crippen LogP contribution in [0.25, 0.3) is 16.6 Å². The number of fused-ring (bicyclic) bond motifs is 2. The molecule has 0 bridgehead atoms. The van der Waals surface area contributed by atoms with Crippen molar-refractivity contribution in [2.45, 2.75) is 46.1 Å². The highest BCUT2D eigenvalue weighted by Gasteiger charge is 2.18. The van der Waals surface area contributed by atoms with Gasteiger partial charge in [0.15, 0.2) is 0 Å². The molecular formula is C30H33N7O. The zero-order valence-corrected chi connectivity index (χ0v) is 22.0. The van der Waals surface area contributed by atoms with Crippen LogP contribution in [-0.2, 0) is 19.4 Å². The van der Waals surface area contributed by atoms with Gasteiger partial charge in [0.05, 0.1) is 35.3 Å². The first-order valence-corrected chi connectivity index (χ1v) is 13.5. The van der Waals surface area contributed by atoms with Crippen LogP contribution >= 0.6 is 0 Å². The smallest absolute Gasteiger partial charge is 0.274 e. The SMILES string of the molecule is CCc1nn(Cc2cccc(C)n2)c2cccc(NC(=O)c3cnc4cc(CCN5CCCC5)ccn34)c12. The van der Waals surface area contributed by atoms with Gasteiger partial charge >= 0.3 is 0 Å². The zero-order chi connectivity index (χ0) is 26.1. The van der Waals surface area contributed by atoms with Crippen LogP contribution in [0.3, 0.4) is 0 Å². The molecule has 0 aliphatic carbocycles. The molecule has 1 aliphatic heterocycles. The standard InChI is InChI=1S/C30H33N7O/c1-3-24-29-25(10-7-11-26(29)37(34-24)20-23-9-6-8-21(2)32-23)33-30(38)27-19-31-28-18-22(13-17-36(27)28)12-16-35-14-4-5-15-35/h6-11,13,17-19H,3-5,12,14-16,20H2,1-2H3,(H,33,38). The Bertz CT molecular complexity index is 1610. The number of anilines is 1. The van der Waals surface area contributed by atoms with E-state index in [1.807, 2.05) is 58.6 Å². The summed E-state index contributed by atoms with van der Waals surface area (Å²) >= 11 is 0. The molecule has 5 aromatic rings. The maximum atomic E-state index is 13.4. The molecule has 6 rings (SSSR count). The Morgan fingerprint density at radius 2 is 1.92 bits per heavy atom. The van der Waals surface area contributed by atoms with Crippen molar-refractivity contribution in [1.82, 2.24) is 29.0 Å². The number of amides is 1. The number of benzene rings is 1. The summed E-state index contributed by atoms with van der Waals surface area (Å²) in [6.07, 6.45) is 7.97. The van der Waals surface area contributed by atoms with Crippen LogP contribution in [-0.4, -0.2) is 54.6 Å². The van der Waals surface area contributed by atoms with Crippen LogP contribution in [0.15, 0.2) is 60.9 Å². The van der Waals surface area contributed by atoms with Gasteiger partial charge in [-0.1, -0.05) is 19.1 Å². The number of rotatable bonds is 8. The number of nitrogens with one attached hydrogen (secondary N) is 1. The highest BCUT2D eigenvalue weighted by Crippen LogP contribution is 2.28. The second kappa shape index (κ2) is 10.4. The van der Waals surface area contributed by atoms with Crippen molar-refractivity contribution in [3.8, 4) is 0 Å². The van der Waals surface area contributed by atoms with E-state index in [1.165, 1.54) is 31.5 Å². The number of imidazole rings is 1. The minimum atomic E-state index is -0.190. The van der Waals surface area contributed by atoms with Gasteiger partial charge in [0.2, 0.25) is 0 Å². The molecule has 8 nitrogen and oxygen atoms in total. The van der Waals surface area contributed by atoms with Gasteiger partial charge in [-0.05, 0) is 87.7 Å². The average molecular weight is 508 g/mol. The number of likely N-dealkylation sites (tertiary alicyclic amines) is 1. The molecule has 1 fully saturated rings. The van der Waals surface area contributed by atoms with Crippen molar-refractivity contribution in [3.63, 3.8) is 0 Å². The van der Waals surface area contributed by atoms with Crippen LogP contribution < -0.4 is 5.32 Å². The van der Waals surface area contributed by atoms with Crippen molar-refractivity contribution in [2.75, 3.05) is 25.0 Å². The molecule has 4 aromatic heterocycles. The lowest BCUT2D eigenvalue weighted by Gasteiger charge is -2.14. The topological polar surface area (TPSA) is 80.3 Å². The number of carbonyl (C=O) groups is 1. The summed E-state index contributed by atoms with van der Waals surface area (Å²) in [4.78, 5) is 25.1. The van der Waals surface area contributed by atoms with Crippen molar-refractivity contribution in [2.24, 2.45) is 0 Å². The molecule has 38 heavy (non-hydrogen) atoms. The Morgan fingerprint density at radius 3 is 2.74 bits per heavy atom. The largest absolute Gasteiger partial charge is 0.320 e. The molecule has 0 radical (unpaired) electrons. The third kappa shape index (κ3) is 4.79. The van der Waals surface area contributed by atoms with Gasteiger partial charge in [0.1, 0.15) is 11.3 Å². The van der Waals surface area contributed by atoms with Crippen molar-refractivity contribution in [1.29, 1.82) is 0 Å². The number of pyridine rings is 2. The second-order valence-corrected chi connectivity index (χ2v) is 10.1. The predicted octanol–water partition coefficient (Wildman–Crippen LogP) is 4.89. The third-order valence-corrected chi connectivity index (χ3v) is 7.42. The molecule has 194 valence electrons. The number of carbonyl (C=O) groups excluding carboxylic acids is 1. The Labute approximate surface area is 222 Å². The van der Waals surface area contributed by atoms with Gasteiger partial charge in [-0.25, -0.2) is 4.98 Å². The minimum Gasteiger partial charge on any atom is -0.320 e. The summed E-state index contributed by atoms with van der Waals surface area (Å²) in [7, 11) is 0. The zero-order valence-electron chi connectivity index (χ0n) is 22.0. The molecule has 0 saturated carbocycles.